The number of aromatic nitrogens is 3. The first-order valence-electron chi connectivity index (χ1n) is 18.3. The number of hydrogen-bond acceptors (Lipinski definition) is 10. The number of pyridine rings is 1. The fourth-order valence-electron chi connectivity index (χ4n) is 6.40. The molecule has 0 amide bonds. The number of aliphatic hydroxyl groups is 2. The molecule has 0 radical (unpaired) electrons. The van der Waals surface area contributed by atoms with Crippen LogP contribution in [-0.4, -0.2) is 66.4 Å². The Bertz CT molecular complexity index is 2530. The van der Waals surface area contributed by atoms with Gasteiger partial charge in [-0.15, -0.1) is 0 Å². The molecule has 4 aromatic carbocycles. The first kappa shape index (κ1) is 43.1. The van der Waals surface area contributed by atoms with Crippen molar-refractivity contribution in [1.29, 1.82) is 5.26 Å². The third-order valence-corrected chi connectivity index (χ3v) is 11.3. The van der Waals surface area contributed by atoms with Crippen molar-refractivity contribution < 1.29 is 39.5 Å². The van der Waals surface area contributed by atoms with Crippen molar-refractivity contribution in [3.05, 3.63) is 139 Å². The molecule has 2 atom stereocenters. The van der Waals surface area contributed by atoms with Crippen molar-refractivity contribution in [3.8, 4) is 28.7 Å². The summed E-state index contributed by atoms with van der Waals surface area (Å²) in [6.45, 7) is -0.447. The zero-order valence-electron chi connectivity index (χ0n) is 31.3. The van der Waals surface area contributed by atoms with E-state index in [2.05, 4.69) is 32.3 Å². The maximum atomic E-state index is 11.5. The molecule has 0 spiro atoms. The molecule has 0 bridgehead atoms. The Labute approximate surface area is 357 Å². The minimum atomic E-state index is -1.21. The average molecular weight is 904 g/mol. The van der Waals surface area contributed by atoms with Crippen molar-refractivity contribution in [2.24, 2.45) is 5.92 Å². The Balaban J connectivity index is 1.21. The Morgan fingerprint density at radius 1 is 0.831 bits per heavy atom. The summed E-state index contributed by atoms with van der Waals surface area (Å²) >= 11 is 17.2. The van der Waals surface area contributed by atoms with Crippen molar-refractivity contribution in [3.63, 3.8) is 0 Å². The second-order valence-electron chi connectivity index (χ2n) is 13.6. The highest BCUT2D eigenvalue weighted by molar-refractivity contribution is 9.10. The van der Waals surface area contributed by atoms with Crippen LogP contribution in [0.1, 0.15) is 39.8 Å². The number of carboxylic acid groups (broad SMARTS) is 2. The number of carbonyl (C=O) groups is 2. The van der Waals surface area contributed by atoms with Crippen molar-refractivity contribution in [1.82, 2.24) is 20.1 Å². The molecule has 6 aromatic rings. The van der Waals surface area contributed by atoms with Crippen LogP contribution in [0.4, 0.5) is 0 Å². The molecule has 13 nitrogen and oxygen atoms in total. The molecule has 59 heavy (non-hydrogen) atoms. The normalized spacial score (nSPS) is 12.2. The maximum Gasteiger partial charge on any atom is 0.323 e. The van der Waals surface area contributed by atoms with Gasteiger partial charge >= 0.3 is 11.9 Å². The van der Waals surface area contributed by atoms with E-state index >= 15 is 0 Å². The van der Waals surface area contributed by atoms with Crippen LogP contribution in [-0.2, 0) is 42.3 Å². The quantitative estimate of drug-likeness (QED) is 0.0540. The molecule has 0 unspecified atom stereocenters. The molecule has 2 heterocycles. The zero-order chi connectivity index (χ0) is 42.1. The summed E-state index contributed by atoms with van der Waals surface area (Å²) in [5.74, 6) is -2.40. The van der Waals surface area contributed by atoms with E-state index in [1.807, 2.05) is 65.5 Å². The lowest BCUT2D eigenvalue weighted by Crippen LogP contribution is -2.39. The van der Waals surface area contributed by atoms with Crippen molar-refractivity contribution >= 4 is 62.0 Å². The number of ether oxygens (including phenoxy) is 2. The summed E-state index contributed by atoms with van der Waals surface area (Å²) in [6.07, 6.45) is 5.60. The Morgan fingerprint density at radius 3 is 2.34 bits per heavy atom. The van der Waals surface area contributed by atoms with Crippen LogP contribution in [0.3, 0.4) is 0 Å². The smallest absolute Gasteiger partial charge is 0.323 e. The summed E-state index contributed by atoms with van der Waals surface area (Å²) in [6, 6.07) is 23.2. The highest BCUT2D eigenvalue weighted by Gasteiger charge is 2.20. The highest BCUT2D eigenvalue weighted by atomic mass is 79.9. The number of hydrogen-bond donors (Lipinski definition) is 5. The van der Waals surface area contributed by atoms with Gasteiger partial charge in [0.25, 0.3) is 0 Å². The number of nitriles is 1. The summed E-state index contributed by atoms with van der Waals surface area (Å²) in [7, 11) is 0. The van der Waals surface area contributed by atoms with E-state index in [-0.39, 0.29) is 24.8 Å². The molecule has 0 saturated carbocycles. The molecule has 0 fully saturated rings. The van der Waals surface area contributed by atoms with E-state index in [4.69, 9.17) is 37.8 Å². The SMILES string of the molecule is N#Cc1cncc(COc2cc(OCc3cccc(-c4cccc5c4cnn5Cc4ccc(CC[C@@H](CO)C(=O)O)cc4Cl)c3Br)c(Cl)cc2CN[C@@H](CO)C(=O)O)c1. The number of carboxylic acids is 2. The molecule has 0 saturated heterocycles. The van der Waals surface area contributed by atoms with Crippen molar-refractivity contribution in [2.75, 3.05) is 13.2 Å². The molecule has 0 aliphatic rings. The number of rotatable bonds is 19. The number of benzene rings is 4. The van der Waals surface area contributed by atoms with Crippen LogP contribution >= 0.6 is 39.1 Å². The minimum absolute atomic E-state index is 0.0149. The van der Waals surface area contributed by atoms with E-state index < -0.39 is 37.1 Å². The predicted octanol–water partition coefficient (Wildman–Crippen LogP) is 7.41. The van der Waals surface area contributed by atoms with Gasteiger partial charge in [-0.1, -0.05) is 65.7 Å². The first-order chi connectivity index (χ1) is 28.5. The minimum Gasteiger partial charge on any atom is -0.488 e. The van der Waals surface area contributed by atoms with Gasteiger partial charge < -0.3 is 29.9 Å². The molecular weight excluding hydrogens is 865 g/mol. The van der Waals surface area contributed by atoms with Crippen LogP contribution < -0.4 is 14.8 Å². The maximum absolute atomic E-state index is 11.5. The summed E-state index contributed by atoms with van der Waals surface area (Å²) in [4.78, 5) is 26.9. The average Bonchev–Trinajstić information content (AvgIpc) is 3.64. The summed E-state index contributed by atoms with van der Waals surface area (Å²) in [5, 5.41) is 56.0. The van der Waals surface area contributed by atoms with Gasteiger partial charge in [-0.3, -0.25) is 24.6 Å². The van der Waals surface area contributed by atoms with Crippen LogP contribution in [0.5, 0.6) is 11.5 Å². The second-order valence-corrected chi connectivity index (χ2v) is 15.2. The van der Waals surface area contributed by atoms with Crippen LogP contribution in [0.15, 0.2) is 95.9 Å². The van der Waals surface area contributed by atoms with Gasteiger partial charge in [0, 0.05) is 56.6 Å². The van der Waals surface area contributed by atoms with Gasteiger partial charge in [-0.05, 0) is 75.3 Å². The third kappa shape index (κ3) is 10.6. The zero-order valence-corrected chi connectivity index (χ0v) is 34.4. The lowest BCUT2D eigenvalue weighted by molar-refractivity contribution is -0.143. The number of aliphatic carboxylic acids is 2. The van der Waals surface area contributed by atoms with Gasteiger partial charge in [-0.25, -0.2) is 0 Å². The molecular formula is C43H38BrCl2N5O8. The van der Waals surface area contributed by atoms with E-state index in [1.165, 1.54) is 6.20 Å². The predicted molar refractivity (Wildman–Crippen MR) is 224 cm³/mol. The summed E-state index contributed by atoms with van der Waals surface area (Å²) in [5.41, 5.74) is 6.81. The second kappa shape index (κ2) is 20.0. The molecule has 0 aliphatic heterocycles. The largest absolute Gasteiger partial charge is 0.488 e. The lowest BCUT2D eigenvalue weighted by atomic mass is 9.99. The molecule has 16 heteroatoms. The van der Waals surface area contributed by atoms with Gasteiger partial charge in [0.1, 0.15) is 36.8 Å². The van der Waals surface area contributed by atoms with Gasteiger partial charge in [-0.2, -0.15) is 10.4 Å². The highest BCUT2D eigenvalue weighted by Crippen LogP contribution is 2.38. The van der Waals surface area contributed by atoms with E-state index in [9.17, 15) is 35.3 Å². The number of fused-ring (bicyclic) bond motifs is 1. The van der Waals surface area contributed by atoms with Crippen LogP contribution in [0.2, 0.25) is 10.0 Å². The van der Waals surface area contributed by atoms with E-state index in [1.54, 1.807) is 24.4 Å². The monoisotopic (exact) mass is 901 g/mol. The number of halogens is 3. The Hall–Kier alpha value is -5.53. The lowest BCUT2D eigenvalue weighted by Gasteiger charge is -2.18. The first-order valence-corrected chi connectivity index (χ1v) is 19.9. The van der Waals surface area contributed by atoms with Gasteiger partial charge in [0.15, 0.2) is 0 Å². The Kier molecular flexibility index (Phi) is 14.6. The summed E-state index contributed by atoms with van der Waals surface area (Å²) < 4.78 is 15.1. The standard InChI is InChI=1S/C43H38BrCl2N5O8/c44-41-30(24-59-40-14-39(58-23-27-11-26(15-47)16-48-17-27)31(13-36(40)46)18-49-37(22-53)43(56)57)3-1-5-33(41)32-4-2-6-38-34(32)19-50-51(38)20-28-9-7-25(12-35(28)45)8-10-29(21-52)42(54)55/h1-7,9,11-14,16-17,19,29,37,49,52-53H,8,10,18,20-24H2,(H,54,55)(H,56,57)/t29-,37-/m0/s1. The Morgan fingerprint density at radius 2 is 1.61 bits per heavy atom. The number of aryl methyl sites for hydroxylation is 1. The fraction of sp³-hybridized carbons (Fsp3) is 0.233. The van der Waals surface area contributed by atoms with Gasteiger partial charge in [0.2, 0.25) is 0 Å². The molecule has 5 N–H and O–H groups in total. The van der Waals surface area contributed by atoms with E-state index in [0.29, 0.717) is 52.6 Å². The molecule has 0 aliphatic carbocycles. The topological polar surface area (TPSA) is 200 Å². The van der Waals surface area contributed by atoms with Crippen LogP contribution in [0.25, 0.3) is 22.0 Å². The molecule has 6 rings (SSSR count). The number of nitrogens with zero attached hydrogens (tertiary/aromatic N) is 4. The molecule has 2 aromatic heterocycles. The van der Waals surface area contributed by atoms with Gasteiger partial charge in [0.05, 0.1) is 48.0 Å². The molecule has 304 valence electrons. The van der Waals surface area contributed by atoms with Crippen LogP contribution in [0, 0.1) is 17.2 Å². The fourth-order valence-corrected chi connectivity index (χ4v) is 7.50. The number of aliphatic hydroxyl groups excluding tert-OH is 2. The third-order valence-electron chi connectivity index (χ3n) is 9.68. The number of nitrogens with one attached hydrogen (secondary N) is 1. The van der Waals surface area contributed by atoms with E-state index in [0.717, 1.165) is 43.2 Å². The van der Waals surface area contributed by atoms with Crippen molar-refractivity contribution in [2.45, 2.75) is 45.2 Å².